The first-order chi connectivity index (χ1) is 11.0. The zero-order valence-electron chi connectivity index (χ0n) is 16.4. The van der Waals surface area contributed by atoms with Gasteiger partial charge in [-0.15, -0.1) is 0 Å². The molecule has 0 heterocycles. The van der Waals surface area contributed by atoms with E-state index in [1.807, 2.05) is 0 Å². The lowest BCUT2D eigenvalue weighted by atomic mass is 9.45. The second-order valence-electron chi connectivity index (χ2n) is 9.17. The van der Waals surface area contributed by atoms with Crippen LogP contribution in [0.2, 0.25) is 0 Å². The van der Waals surface area contributed by atoms with Crippen LogP contribution in [0.3, 0.4) is 0 Å². The molecule has 0 radical (unpaired) electrons. The van der Waals surface area contributed by atoms with E-state index in [-0.39, 0.29) is 0 Å². The third kappa shape index (κ3) is 3.40. The lowest BCUT2D eigenvalue weighted by molar-refractivity contribution is -0.116. The Morgan fingerprint density at radius 2 is 1.83 bits per heavy atom. The highest BCUT2D eigenvalue weighted by Gasteiger charge is 2.54. The van der Waals surface area contributed by atoms with Gasteiger partial charge in [0.1, 0.15) is 6.29 Å². The summed E-state index contributed by atoms with van der Waals surface area (Å²) in [6, 6.07) is 0. The number of hydrogen-bond donors (Lipinski definition) is 0. The Balaban J connectivity index is 2.33. The molecule has 2 rings (SSSR count). The van der Waals surface area contributed by atoms with Crippen molar-refractivity contribution >= 4 is 6.29 Å². The molecule has 0 aliphatic heterocycles. The van der Waals surface area contributed by atoms with Crippen LogP contribution >= 0.6 is 0 Å². The van der Waals surface area contributed by atoms with E-state index in [4.69, 9.17) is 0 Å². The van der Waals surface area contributed by atoms with Gasteiger partial charge in [0, 0.05) is 6.42 Å². The third-order valence-electron chi connectivity index (χ3n) is 8.00. The Bertz CT molecular complexity index is 385. The maximum atomic E-state index is 11.0. The van der Waals surface area contributed by atoms with Crippen LogP contribution < -0.4 is 0 Å². The molecule has 2 aliphatic carbocycles. The largest absolute Gasteiger partial charge is 0.303 e. The Hall–Kier alpha value is -0.330. The van der Waals surface area contributed by atoms with Gasteiger partial charge in [-0.2, -0.15) is 0 Å². The minimum Gasteiger partial charge on any atom is -0.303 e. The van der Waals surface area contributed by atoms with Gasteiger partial charge in [-0.1, -0.05) is 47.5 Å². The van der Waals surface area contributed by atoms with Crippen LogP contribution in [-0.2, 0) is 4.79 Å². The summed E-state index contributed by atoms with van der Waals surface area (Å²) in [5, 5.41) is 0. The van der Waals surface area contributed by atoms with Crippen molar-refractivity contribution in [3.8, 4) is 0 Å². The van der Waals surface area contributed by atoms with Crippen LogP contribution in [0.5, 0.6) is 0 Å². The number of hydrogen-bond acceptors (Lipinski definition) is 1. The molecule has 0 spiro atoms. The third-order valence-corrected chi connectivity index (χ3v) is 8.00. The van der Waals surface area contributed by atoms with Crippen molar-refractivity contribution in [1.29, 1.82) is 0 Å². The number of carbonyl (C=O) groups excluding carboxylic acids is 1. The van der Waals surface area contributed by atoms with Gasteiger partial charge in [-0.25, -0.2) is 0 Å². The van der Waals surface area contributed by atoms with E-state index in [0.717, 1.165) is 42.8 Å². The van der Waals surface area contributed by atoms with Crippen molar-refractivity contribution in [2.45, 2.75) is 98.8 Å². The van der Waals surface area contributed by atoms with Crippen LogP contribution in [0.4, 0.5) is 0 Å². The quantitative estimate of drug-likeness (QED) is 0.480. The van der Waals surface area contributed by atoms with Gasteiger partial charge in [0.05, 0.1) is 0 Å². The number of aldehydes is 1. The maximum absolute atomic E-state index is 11.0. The minimum atomic E-state index is 0.426. The summed E-state index contributed by atoms with van der Waals surface area (Å²) < 4.78 is 0. The van der Waals surface area contributed by atoms with Gasteiger partial charge in [-0.05, 0) is 79.4 Å². The summed E-state index contributed by atoms with van der Waals surface area (Å²) in [6.07, 6.45) is 14.2. The standard InChI is InChI=1S/C22H40O/c1-6-14-22(8-3)17(7-2)11-12-18-19(10-9-16-23)21(4,5)15-13-20(18)22/h16-20H,6-15H2,1-5H3. The molecular formula is C22H40O. The fraction of sp³-hybridized carbons (Fsp3) is 0.955. The average molecular weight is 321 g/mol. The summed E-state index contributed by atoms with van der Waals surface area (Å²) in [6.45, 7) is 12.2. The molecule has 0 aromatic rings. The predicted octanol–water partition coefficient (Wildman–Crippen LogP) is 6.65. The first-order valence-corrected chi connectivity index (χ1v) is 10.4. The number of rotatable bonds is 7. The van der Waals surface area contributed by atoms with E-state index in [1.54, 1.807) is 0 Å². The SMILES string of the molecule is CCCC1(CC)C(CC)CCC2C(CCC=O)C(C)(C)CCC21. The second kappa shape index (κ2) is 7.70. The molecule has 0 aromatic heterocycles. The average Bonchev–Trinajstić information content (AvgIpc) is 2.53. The van der Waals surface area contributed by atoms with Crippen molar-refractivity contribution in [1.82, 2.24) is 0 Å². The Labute approximate surface area is 145 Å². The maximum Gasteiger partial charge on any atom is 0.120 e. The van der Waals surface area contributed by atoms with Crippen LogP contribution in [0.25, 0.3) is 0 Å². The summed E-state index contributed by atoms with van der Waals surface area (Å²) in [5.41, 5.74) is 1.01. The molecule has 1 nitrogen and oxygen atoms in total. The van der Waals surface area contributed by atoms with E-state index in [1.165, 1.54) is 51.4 Å². The van der Waals surface area contributed by atoms with Crippen molar-refractivity contribution < 1.29 is 4.79 Å². The van der Waals surface area contributed by atoms with Crippen molar-refractivity contribution in [3.05, 3.63) is 0 Å². The smallest absolute Gasteiger partial charge is 0.120 e. The van der Waals surface area contributed by atoms with Crippen molar-refractivity contribution in [2.75, 3.05) is 0 Å². The first kappa shape index (κ1) is 19.0. The topological polar surface area (TPSA) is 17.1 Å². The lowest BCUT2D eigenvalue weighted by Gasteiger charge is -2.60. The molecule has 2 aliphatic rings. The Morgan fingerprint density at radius 1 is 1.09 bits per heavy atom. The van der Waals surface area contributed by atoms with Gasteiger partial charge >= 0.3 is 0 Å². The Morgan fingerprint density at radius 3 is 2.39 bits per heavy atom. The number of fused-ring (bicyclic) bond motifs is 1. The molecule has 5 unspecified atom stereocenters. The summed E-state index contributed by atoms with van der Waals surface area (Å²) in [4.78, 5) is 11.0. The van der Waals surface area contributed by atoms with Crippen LogP contribution in [-0.4, -0.2) is 6.29 Å². The summed E-state index contributed by atoms with van der Waals surface area (Å²) >= 11 is 0. The molecule has 0 amide bonds. The van der Waals surface area contributed by atoms with Gasteiger partial charge in [0.25, 0.3) is 0 Å². The lowest BCUT2D eigenvalue weighted by Crippen LogP contribution is -2.52. The monoisotopic (exact) mass is 320 g/mol. The molecule has 2 fully saturated rings. The van der Waals surface area contributed by atoms with Crippen LogP contribution in [0.1, 0.15) is 98.8 Å². The highest BCUT2D eigenvalue weighted by atomic mass is 16.1. The highest BCUT2D eigenvalue weighted by Crippen LogP contribution is 2.63. The molecule has 134 valence electrons. The van der Waals surface area contributed by atoms with Crippen LogP contribution in [0, 0.1) is 34.5 Å². The van der Waals surface area contributed by atoms with Gasteiger partial charge < -0.3 is 4.79 Å². The fourth-order valence-electron chi connectivity index (χ4n) is 6.93. The number of carbonyl (C=O) groups is 1. The molecule has 2 saturated carbocycles. The molecule has 0 aromatic carbocycles. The molecule has 5 atom stereocenters. The normalized spacial score (nSPS) is 39.7. The molecule has 0 bridgehead atoms. The van der Waals surface area contributed by atoms with Crippen LogP contribution in [0.15, 0.2) is 0 Å². The molecule has 0 N–H and O–H groups in total. The van der Waals surface area contributed by atoms with E-state index >= 15 is 0 Å². The van der Waals surface area contributed by atoms with E-state index in [0.29, 0.717) is 10.8 Å². The highest BCUT2D eigenvalue weighted by molar-refractivity contribution is 5.49. The zero-order chi connectivity index (χ0) is 17.1. The van der Waals surface area contributed by atoms with Gasteiger partial charge in [0.2, 0.25) is 0 Å². The molecule has 1 heteroatoms. The molecular weight excluding hydrogens is 280 g/mol. The second-order valence-corrected chi connectivity index (χ2v) is 9.17. The zero-order valence-corrected chi connectivity index (χ0v) is 16.4. The van der Waals surface area contributed by atoms with Crippen molar-refractivity contribution in [3.63, 3.8) is 0 Å². The fourth-order valence-corrected chi connectivity index (χ4v) is 6.93. The van der Waals surface area contributed by atoms with E-state index in [2.05, 4.69) is 34.6 Å². The summed E-state index contributed by atoms with van der Waals surface area (Å²) in [7, 11) is 0. The molecule has 0 saturated heterocycles. The predicted molar refractivity (Wildman–Crippen MR) is 99.4 cm³/mol. The minimum absolute atomic E-state index is 0.426. The summed E-state index contributed by atoms with van der Waals surface area (Å²) in [5.74, 6) is 3.47. The van der Waals surface area contributed by atoms with Gasteiger partial charge in [-0.3, -0.25) is 0 Å². The Kier molecular flexibility index (Phi) is 6.36. The van der Waals surface area contributed by atoms with E-state index < -0.39 is 0 Å². The van der Waals surface area contributed by atoms with Gasteiger partial charge in [0.15, 0.2) is 0 Å². The molecule has 23 heavy (non-hydrogen) atoms. The van der Waals surface area contributed by atoms with E-state index in [9.17, 15) is 4.79 Å². The first-order valence-electron chi connectivity index (χ1n) is 10.4. The van der Waals surface area contributed by atoms with Crippen molar-refractivity contribution in [2.24, 2.45) is 34.5 Å².